The number of carbonyl (C=O) groups is 3. The first kappa shape index (κ1) is 29.9. The van der Waals surface area contributed by atoms with E-state index in [0.717, 1.165) is 22.3 Å². The van der Waals surface area contributed by atoms with Crippen LogP contribution < -0.4 is 10.6 Å². The lowest BCUT2D eigenvalue weighted by molar-refractivity contribution is -0.142. The first-order valence-electron chi connectivity index (χ1n) is 13.0. The van der Waals surface area contributed by atoms with Crippen LogP contribution in [0.1, 0.15) is 76.3 Å². The Morgan fingerprint density at radius 1 is 0.973 bits per heavy atom. The number of alkyl carbamates (subject to hydrolysis) is 1. The van der Waals surface area contributed by atoms with Crippen molar-refractivity contribution in [3.05, 3.63) is 70.8 Å². The molecule has 2 aromatic carbocycles. The molecular weight excluding hydrogens is 466 g/mol. The summed E-state index contributed by atoms with van der Waals surface area (Å²) in [5.41, 5.74) is 3.02. The van der Waals surface area contributed by atoms with Crippen molar-refractivity contribution >= 4 is 17.9 Å². The molecule has 2 rings (SSSR count). The number of likely N-dealkylation sites (N-methyl/N-ethyl adjacent to an activating group) is 1. The summed E-state index contributed by atoms with van der Waals surface area (Å²) < 4.78 is 5.42. The van der Waals surface area contributed by atoms with E-state index in [1.807, 2.05) is 83.1 Å². The Morgan fingerprint density at radius 2 is 1.57 bits per heavy atom. The molecular formula is C30H43N3O4. The van der Waals surface area contributed by atoms with Gasteiger partial charge in [0.2, 0.25) is 11.8 Å². The van der Waals surface area contributed by atoms with Gasteiger partial charge < -0.3 is 20.3 Å². The molecule has 0 aliphatic carbocycles. The largest absolute Gasteiger partial charge is 0.444 e. The molecule has 0 saturated heterocycles. The molecule has 0 aliphatic rings. The highest BCUT2D eigenvalue weighted by Gasteiger charge is 2.36. The Morgan fingerprint density at radius 3 is 2.08 bits per heavy atom. The van der Waals surface area contributed by atoms with Crippen molar-refractivity contribution < 1.29 is 19.1 Å². The summed E-state index contributed by atoms with van der Waals surface area (Å²) in [5, 5.41) is 5.77. The fourth-order valence-electron chi connectivity index (χ4n) is 4.33. The number of nitrogens with one attached hydrogen (secondary N) is 2. The maximum Gasteiger partial charge on any atom is 0.408 e. The Balaban J connectivity index is 2.42. The molecule has 0 saturated carbocycles. The minimum atomic E-state index is -0.852. The van der Waals surface area contributed by atoms with E-state index in [0.29, 0.717) is 19.5 Å². The number of ether oxygens (including phenoxy) is 1. The standard InChI is InChI=1S/C30H43N3O4/c1-9-33(28(35)25(15-20(2)3)32-29(36)37-30(6,7)8)26(24-17-21(4)16-22(5)18-24)27(34)31-19-23-13-11-10-12-14-23/h10-14,16-18,20,25-26H,9,15,19H2,1-8H3,(H,31,34)(H,32,36). The number of rotatable bonds is 10. The van der Waals surface area contributed by atoms with Gasteiger partial charge >= 0.3 is 6.09 Å². The Labute approximate surface area is 222 Å². The van der Waals surface area contributed by atoms with Crippen LogP contribution in [0.15, 0.2) is 48.5 Å². The minimum Gasteiger partial charge on any atom is -0.444 e. The number of benzene rings is 2. The third-order valence-electron chi connectivity index (χ3n) is 5.75. The monoisotopic (exact) mass is 509 g/mol. The van der Waals surface area contributed by atoms with E-state index in [2.05, 4.69) is 10.6 Å². The van der Waals surface area contributed by atoms with Crippen LogP contribution in [0.4, 0.5) is 4.79 Å². The van der Waals surface area contributed by atoms with Gasteiger partial charge in [0, 0.05) is 13.1 Å². The van der Waals surface area contributed by atoms with Gasteiger partial charge in [-0.3, -0.25) is 9.59 Å². The van der Waals surface area contributed by atoms with Gasteiger partial charge in [0.1, 0.15) is 17.7 Å². The lowest BCUT2D eigenvalue weighted by Gasteiger charge is -2.34. The van der Waals surface area contributed by atoms with Crippen LogP contribution in [0, 0.1) is 19.8 Å². The highest BCUT2D eigenvalue weighted by Crippen LogP contribution is 2.26. The average Bonchev–Trinajstić information content (AvgIpc) is 2.78. The van der Waals surface area contributed by atoms with E-state index in [1.54, 1.807) is 25.7 Å². The molecule has 2 atom stereocenters. The van der Waals surface area contributed by atoms with E-state index in [9.17, 15) is 14.4 Å². The van der Waals surface area contributed by atoms with Crippen LogP contribution in [-0.4, -0.2) is 41.0 Å². The molecule has 2 unspecified atom stereocenters. The van der Waals surface area contributed by atoms with Crippen LogP contribution in [-0.2, 0) is 20.9 Å². The summed E-state index contributed by atoms with van der Waals surface area (Å²) in [6.07, 6.45) is -0.237. The fourth-order valence-corrected chi connectivity index (χ4v) is 4.33. The molecule has 2 aromatic rings. The second-order valence-electron chi connectivity index (χ2n) is 11.0. The molecule has 0 aliphatic heterocycles. The van der Waals surface area contributed by atoms with Gasteiger partial charge in [-0.15, -0.1) is 0 Å². The summed E-state index contributed by atoms with van der Waals surface area (Å²) in [5.74, 6) is -0.458. The summed E-state index contributed by atoms with van der Waals surface area (Å²) in [4.78, 5) is 41.8. The van der Waals surface area contributed by atoms with Gasteiger partial charge in [-0.2, -0.15) is 0 Å². The highest BCUT2D eigenvalue weighted by molar-refractivity contribution is 5.92. The van der Waals surface area contributed by atoms with Crippen molar-refractivity contribution in [2.45, 2.75) is 86.0 Å². The lowest BCUT2D eigenvalue weighted by atomic mass is 9.97. The van der Waals surface area contributed by atoms with Crippen molar-refractivity contribution in [1.29, 1.82) is 0 Å². The maximum atomic E-state index is 14.0. The smallest absolute Gasteiger partial charge is 0.408 e. The minimum absolute atomic E-state index is 0.133. The normalized spacial score (nSPS) is 13.0. The molecule has 0 heterocycles. The van der Waals surface area contributed by atoms with Gasteiger partial charge in [0.15, 0.2) is 0 Å². The third-order valence-corrected chi connectivity index (χ3v) is 5.75. The molecule has 0 aromatic heterocycles. The first-order chi connectivity index (χ1) is 17.3. The highest BCUT2D eigenvalue weighted by atomic mass is 16.6. The quantitative estimate of drug-likeness (QED) is 0.446. The topological polar surface area (TPSA) is 87.7 Å². The van der Waals surface area contributed by atoms with E-state index < -0.39 is 23.8 Å². The molecule has 7 heteroatoms. The van der Waals surface area contributed by atoms with E-state index >= 15 is 0 Å². The molecule has 0 bridgehead atoms. The van der Waals surface area contributed by atoms with Crippen molar-refractivity contribution in [2.24, 2.45) is 5.92 Å². The summed E-state index contributed by atoms with van der Waals surface area (Å²) in [6.45, 7) is 15.7. The number of amides is 3. The van der Waals surface area contributed by atoms with Crippen molar-refractivity contribution in [2.75, 3.05) is 6.54 Å². The van der Waals surface area contributed by atoms with Gasteiger partial charge in [-0.1, -0.05) is 73.5 Å². The Hall–Kier alpha value is -3.35. The Kier molecular flexibility index (Phi) is 10.7. The lowest BCUT2D eigenvalue weighted by Crippen LogP contribution is -2.53. The van der Waals surface area contributed by atoms with Crippen LogP contribution in [0.3, 0.4) is 0 Å². The average molecular weight is 510 g/mol. The zero-order valence-corrected chi connectivity index (χ0v) is 23.6. The van der Waals surface area contributed by atoms with Crippen LogP contribution in [0.25, 0.3) is 0 Å². The molecule has 3 amide bonds. The van der Waals surface area contributed by atoms with Crippen molar-refractivity contribution in [3.8, 4) is 0 Å². The summed E-state index contributed by atoms with van der Waals surface area (Å²) in [6, 6.07) is 13.9. The van der Waals surface area contributed by atoms with Gasteiger partial charge in [0.05, 0.1) is 0 Å². The number of aryl methyl sites for hydroxylation is 2. The van der Waals surface area contributed by atoms with E-state index in [-0.39, 0.29) is 17.7 Å². The van der Waals surface area contributed by atoms with Gasteiger partial charge in [-0.05, 0) is 65.0 Å². The molecule has 0 spiro atoms. The predicted molar refractivity (Wildman–Crippen MR) is 147 cm³/mol. The molecule has 37 heavy (non-hydrogen) atoms. The third kappa shape index (κ3) is 9.56. The molecule has 2 N–H and O–H groups in total. The predicted octanol–water partition coefficient (Wildman–Crippen LogP) is 5.45. The zero-order valence-electron chi connectivity index (χ0n) is 23.6. The van der Waals surface area contributed by atoms with Crippen LogP contribution in [0.2, 0.25) is 0 Å². The van der Waals surface area contributed by atoms with Gasteiger partial charge in [0.25, 0.3) is 0 Å². The number of carbonyl (C=O) groups excluding carboxylic acids is 3. The SMILES string of the molecule is CCN(C(=O)C(CC(C)C)NC(=O)OC(C)(C)C)C(C(=O)NCc1ccccc1)c1cc(C)cc(C)c1. The van der Waals surface area contributed by atoms with Crippen molar-refractivity contribution in [1.82, 2.24) is 15.5 Å². The molecule has 7 nitrogen and oxygen atoms in total. The van der Waals surface area contributed by atoms with Gasteiger partial charge in [-0.25, -0.2) is 4.79 Å². The van der Waals surface area contributed by atoms with E-state index in [4.69, 9.17) is 4.74 Å². The summed E-state index contributed by atoms with van der Waals surface area (Å²) in [7, 11) is 0. The first-order valence-corrected chi connectivity index (χ1v) is 13.0. The van der Waals surface area contributed by atoms with Crippen LogP contribution in [0.5, 0.6) is 0 Å². The maximum absolute atomic E-state index is 14.0. The van der Waals surface area contributed by atoms with Crippen LogP contribution >= 0.6 is 0 Å². The number of nitrogens with zero attached hydrogens (tertiary/aromatic N) is 1. The molecule has 0 radical (unpaired) electrons. The molecule has 0 fully saturated rings. The molecule has 202 valence electrons. The number of hydrogen-bond donors (Lipinski definition) is 2. The second-order valence-corrected chi connectivity index (χ2v) is 11.0. The Bertz CT molecular complexity index is 1040. The second kappa shape index (κ2) is 13.3. The number of hydrogen-bond acceptors (Lipinski definition) is 4. The summed E-state index contributed by atoms with van der Waals surface area (Å²) >= 11 is 0. The fraction of sp³-hybridized carbons (Fsp3) is 0.500. The van der Waals surface area contributed by atoms with Crippen molar-refractivity contribution in [3.63, 3.8) is 0 Å². The van der Waals surface area contributed by atoms with E-state index in [1.165, 1.54) is 0 Å². The zero-order chi connectivity index (χ0) is 27.8.